The summed E-state index contributed by atoms with van der Waals surface area (Å²) in [5, 5.41) is 7.55. The fourth-order valence-corrected chi connectivity index (χ4v) is 1.64. The Kier molecular flexibility index (Phi) is 4.78. The number of aromatic amines is 1. The number of rotatable bonds is 4. The van der Waals surface area contributed by atoms with Crippen LogP contribution >= 0.6 is 0 Å². The number of hydrogen-bond donors (Lipinski definition) is 2. The van der Waals surface area contributed by atoms with Gasteiger partial charge in [-0.1, -0.05) is 0 Å². The van der Waals surface area contributed by atoms with E-state index in [1.807, 2.05) is 0 Å². The maximum Gasteiger partial charge on any atom is 0.433 e. The lowest BCUT2D eigenvalue weighted by Gasteiger charge is -2.29. The van der Waals surface area contributed by atoms with Gasteiger partial charge in [-0.15, -0.1) is 0 Å². The van der Waals surface area contributed by atoms with Crippen LogP contribution in [0, 0.1) is 13.8 Å². The zero-order valence-electron chi connectivity index (χ0n) is 11.4. The number of carbonyl (C=O) groups excluding carboxylic acids is 1. The number of aromatic nitrogens is 2. The highest BCUT2D eigenvalue weighted by atomic mass is 19.4. The maximum absolute atomic E-state index is 13.3. The van der Waals surface area contributed by atoms with Gasteiger partial charge in [0.15, 0.2) is 0 Å². The second kappa shape index (κ2) is 5.76. The molecule has 0 spiro atoms. The Hall–Kier alpha value is -1.81. The topological polar surface area (TPSA) is 57.8 Å². The first kappa shape index (κ1) is 18.2. The van der Waals surface area contributed by atoms with Crippen LogP contribution in [0.4, 0.5) is 30.7 Å². The Morgan fingerprint density at radius 3 is 1.95 bits per heavy atom. The zero-order chi connectivity index (χ0) is 17.3. The van der Waals surface area contributed by atoms with E-state index in [0.717, 1.165) is 0 Å². The van der Waals surface area contributed by atoms with Crippen LogP contribution in [-0.2, 0) is 11.2 Å². The molecule has 0 atom stereocenters. The predicted molar refractivity (Wildman–Crippen MR) is 60.7 cm³/mol. The molecule has 126 valence electrons. The lowest BCUT2D eigenvalue weighted by atomic mass is 10.0. The van der Waals surface area contributed by atoms with Crippen LogP contribution in [0.1, 0.15) is 17.0 Å². The average Bonchev–Trinajstić information content (AvgIpc) is 2.65. The van der Waals surface area contributed by atoms with E-state index in [0.29, 0.717) is 17.0 Å². The molecule has 0 aliphatic heterocycles. The number of nitrogens with one attached hydrogen (secondary N) is 2. The van der Waals surface area contributed by atoms with Crippen molar-refractivity contribution in [2.24, 2.45) is 0 Å². The molecule has 1 aromatic rings. The molecular formula is C11H12F7N3O. The summed E-state index contributed by atoms with van der Waals surface area (Å²) >= 11 is 0. The third kappa shape index (κ3) is 3.50. The van der Waals surface area contributed by atoms with E-state index in [9.17, 15) is 35.5 Å². The van der Waals surface area contributed by atoms with Crippen molar-refractivity contribution < 1.29 is 35.5 Å². The van der Waals surface area contributed by atoms with Crippen LogP contribution < -0.4 is 5.32 Å². The molecule has 0 bridgehead atoms. The summed E-state index contributed by atoms with van der Waals surface area (Å²) in [7, 11) is 0. The Bertz CT molecular complexity index is 513. The van der Waals surface area contributed by atoms with Gasteiger partial charge in [-0.05, 0) is 13.8 Å². The highest BCUT2D eigenvalue weighted by Crippen LogP contribution is 2.45. The van der Waals surface area contributed by atoms with Crippen LogP contribution in [0.25, 0.3) is 0 Å². The molecule has 0 aliphatic carbocycles. The Balaban J connectivity index is 2.81. The first-order chi connectivity index (χ1) is 9.79. The summed E-state index contributed by atoms with van der Waals surface area (Å²) in [6, 6.07) is 0. The lowest BCUT2D eigenvalue weighted by Crippen LogP contribution is -2.59. The van der Waals surface area contributed by atoms with Crippen LogP contribution in [-0.4, -0.2) is 40.7 Å². The molecule has 0 saturated carbocycles. The zero-order valence-corrected chi connectivity index (χ0v) is 11.4. The summed E-state index contributed by atoms with van der Waals surface area (Å²) in [4.78, 5) is 11.5. The van der Waals surface area contributed by atoms with Crippen molar-refractivity contribution in [3.63, 3.8) is 0 Å². The quantitative estimate of drug-likeness (QED) is 0.831. The van der Waals surface area contributed by atoms with Crippen LogP contribution in [0.3, 0.4) is 0 Å². The number of amides is 1. The van der Waals surface area contributed by atoms with Crippen LogP contribution in [0.15, 0.2) is 0 Å². The van der Waals surface area contributed by atoms with Gasteiger partial charge in [0.25, 0.3) is 0 Å². The van der Waals surface area contributed by atoms with Gasteiger partial charge in [-0.3, -0.25) is 9.89 Å². The third-order valence-corrected chi connectivity index (χ3v) is 3.05. The standard InChI is InChI=1S/C11H12F7N3O/c1-5-7(6(2)21-20-5)3-8(22)19-4-9(12,10(13,14)15)11(16,17)18/h3-4H2,1-2H3,(H,19,22)(H,20,21). The SMILES string of the molecule is Cc1n[nH]c(C)c1CC(=O)NCC(F)(C(F)(F)F)C(F)(F)F. The number of H-pyrrole nitrogens is 1. The van der Waals surface area contributed by atoms with Crippen molar-refractivity contribution in [3.8, 4) is 0 Å². The van der Waals surface area contributed by atoms with Gasteiger partial charge >= 0.3 is 18.0 Å². The smallest absolute Gasteiger partial charge is 0.352 e. The number of halogens is 7. The molecule has 0 unspecified atom stereocenters. The van der Waals surface area contributed by atoms with Gasteiger partial charge in [0.05, 0.1) is 18.7 Å². The third-order valence-electron chi connectivity index (χ3n) is 3.05. The molecule has 0 fully saturated rings. The summed E-state index contributed by atoms with van der Waals surface area (Å²) in [6.07, 6.45) is -12.9. The maximum atomic E-state index is 13.3. The first-order valence-electron chi connectivity index (χ1n) is 5.89. The molecule has 11 heteroatoms. The minimum atomic E-state index is -6.19. The Labute approximate surface area is 120 Å². The van der Waals surface area contributed by atoms with E-state index in [4.69, 9.17) is 0 Å². The predicted octanol–water partition coefficient (Wildman–Crippen LogP) is 2.52. The van der Waals surface area contributed by atoms with E-state index in [1.165, 1.54) is 19.2 Å². The van der Waals surface area contributed by atoms with Crippen molar-refractivity contribution in [2.75, 3.05) is 6.54 Å². The van der Waals surface area contributed by atoms with Crippen molar-refractivity contribution in [3.05, 3.63) is 17.0 Å². The molecule has 1 heterocycles. The van der Waals surface area contributed by atoms with E-state index in [-0.39, 0.29) is 0 Å². The molecule has 0 aliphatic rings. The lowest BCUT2D eigenvalue weighted by molar-refractivity contribution is -0.338. The van der Waals surface area contributed by atoms with Crippen molar-refractivity contribution >= 4 is 5.91 Å². The van der Waals surface area contributed by atoms with E-state index >= 15 is 0 Å². The molecule has 1 aromatic heterocycles. The summed E-state index contributed by atoms with van der Waals surface area (Å²) in [6.45, 7) is 0.777. The molecule has 0 aromatic carbocycles. The van der Waals surface area contributed by atoms with Gasteiger partial charge in [0.1, 0.15) is 0 Å². The van der Waals surface area contributed by atoms with Crippen molar-refractivity contribution in [1.29, 1.82) is 0 Å². The summed E-state index contributed by atoms with van der Waals surface area (Å²) < 4.78 is 87.1. The number of carbonyl (C=O) groups is 1. The van der Waals surface area contributed by atoms with Gasteiger partial charge in [-0.25, -0.2) is 4.39 Å². The molecule has 2 N–H and O–H groups in total. The Morgan fingerprint density at radius 2 is 1.59 bits per heavy atom. The monoisotopic (exact) mass is 335 g/mol. The molecule has 1 amide bonds. The van der Waals surface area contributed by atoms with Gasteiger partial charge in [0.2, 0.25) is 5.91 Å². The van der Waals surface area contributed by atoms with E-state index < -0.39 is 36.9 Å². The molecule has 0 saturated heterocycles. The number of aryl methyl sites for hydroxylation is 2. The Morgan fingerprint density at radius 1 is 1.09 bits per heavy atom. The second-order valence-corrected chi connectivity index (χ2v) is 4.66. The van der Waals surface area contributed by atoms with Gasteiger partial charge in [-0.2, -0.15) is 31.4 Å². The van der Waals surface area contributed by atoms with E-state index in [2.05, 4.69) is 10.2 Å². The number of alkyl halides is 7. The second-order valence-electron chi connectivity index (χ2n) is 4.66. The van der Waals surface area contributed by atoms with Crippen molar-refractivity contribution in [2.45, 2.75) is 38.3 Å². The van der Waals surface area contributed by atoms with Gasteiger partial charge in [0, 0.05) is 11.3 Å². The minimum Gasteiger partial charge on any atom is -0.352 e. The number of hydrogen-bond acceptors (Lipinski definition) is 2. The summed E-state index contributed by atoms with van der Waals surface area (Å²) in [5.41, 5.74) is -4.38. The fourth-order valence-electron chi connectivity index (χ4n) is 1.64. The highest BCUT2D eigenvalue weighted by molar-refractivity contribution is 5.79. The van der Waals surface area contributed by atoms with Crippen LogP contribution in [0.5, 0.6) is 0 Å². The fraction of sp³-hybridized carbons (Fsp3) is 0.636. The molecular weight excluding hydrogens is 323 g/mol. The average molecular weight is 335 g/mol. The minimum absolute atomic E-state index is 0.320. The van der Waals surface area contributed by atoms with Crippen LogP contribution in [0.2, 0.25) is 0 Å². The molecule has 22 heavy (non-hydrogen) atoms. The number of nitrogens with zero attached hydrogens (tertiary/aromatic N) is 1. The summed E-state index contributed by atoms with van der Waals surface area (Å²) in [5.74, 6) is -1.18. The van der Waals surface area contributed by atoms with Gasteiger partial charge < -0.3 is 5.32 Å². The molecule has 4 nitrogen and oxygen atoms in total. The van der Waals surface area contributed by atoms with Crippen molar-refractivity contribution in [1.82, 2.24) is 15.5 Å². The van der Waals surface area contributed by atoms with E-state index in [1.54, 1.807) is 0 Å². The highest BCUT2D eigenvalue weighted by Gasteiger charge is 2.72. The largest absolute Gasteiger partial charge is 0.433 e. The first-order valence-corrected chi connectivity index (χ1v) is 5.89. The normalized spacial score (nSPS) is 13.3. The molecule has 1 rings (SSSR count). The molecule has 0 radical (unpaired) electrons.